The van der Waals surface area contributed by atoms with E-state index in [0.29, 0.717) is 17.9 Å². The van der Waals surface area contributed by atoms with Gasteiger partial charge in [0.2, 0.25) is 5.91 Å². The van der Waals surface area contributed by atoms with E-state index in [1.165, 1.54) is 17.7 Å². The second-order valence-corrected chi connectivity index (χ2v) is 7.43. The summed E-state index contributed by atoms with van der Waals surface area (Å²) < 4.78 is 38.3. The molecule has 0 radical (unpaired) electrons. The van der Waals surface area contributed by atoms with Crippen molar-refractivity contribution < 1.29 is 22.7 Å². The van der Waals surface area contributed by atoms with Gasteiger partial charge in [-0.25, -0.2) is 8.78 Å². The number of amides is 1. The molecule has 0 unspecified atom stereocenters. The zero-order chi connectivity index (χ0) is 21.3. The first-order chi connectivity index (χ1) is 14.5. The Balaban J connectivity index is 1.67. The van der Waals surface area contributed by atoms with Crippen LogP contribution in [0.3, 0.4) is 0 Å². The molecule has 0 spiro atoms. The van der Waals surface area contributed by atoms with Crippen LogP contribution in [-0.4, -0.2) is 12.5 Å². The van der Waals surface area contributed by atoms with E-state index in [9.17, 15) is 13.6 Å². The van der Waals surface area contributed by atoms with Gasteiger partial charge in [0.05, 0.1) is 6.61 Å². The number of anilines is 1. The predicted molar refractivity (Wildman–Crippen MR) is 113 cm³/mol. The number of hydrogen-bond acceptors (Lipinski definition) is 3. The summed E-state index contributed by atoms with van der Waals surface area (Å²) in [5, 5.41) is 3.62. The second-order valence-electron chi connectivity index (χ2n) is 7.43. The zero-order valence-electron chi connectivity index (χ0n) is 17.0. The van der Waals surface area contributed by atoms with Gasteiger partial charge in [0.15, 0.2) is 11.6 Å². The first kappa shape index (κ1) is 20.1. The van der Waals surface area contributed by atoms with E-state index in [1.807, 2.05) is 26.0 Å². The van der Waals surface area contributed by atoms with Gasteiger partial charge in [-0.05, 0) is 56.9 Å². The largest absolute Gasteiger partial charge is 0.493 e. The van der Waals surface area contributed by atoms with Crippen molar-refractivity contribution in [3.05, 3.63) is 64.9 Å². The zero-order valence-corrected chi connectivity index (χ0v) is 17.0. The average molecular weight is 411 g/mol. The summed E-state index contributed by atoms with van der Waals surface area (Å²) in [5.74, 6) is -0.727. The number of fused-ring (bicyclic) bond motifs is 3. The minimum Gasteiger partial charge on any atom is -0.493 e. The number of rotatable bonds is 5. The van der Waals surface area contributed by atoms with Crippen LogP contribution in [0.1, 0.15) is 43.6 Å². The molecule has 1 aliphatic carbocycles. The van der Waals surface area contributed by atoms with Gasteiger partial charge in [-0.3, -0.25) is 4.79 Å². The standard InChI is InChI=1S/C24H23F2NO3/c1-3-29-22-13-23-18(16-6-4-5-7-21(16)30-23)12-17(22)14(2)10-24(28)27-15-8-9-19(25)20(26)11-15/h8-13H,3-7H2,1-2H3,(H,27,28)/b14-10+. The molecule has 156 valence electrons. The SMILES string of the molecule is CCOc1cc2oc3c(c2cc1/C(C)=C/C(=O)Nc1ccc(F)c(F)c1)CCCC3. The van der Waals surface area contributed by atoms with Gasteiger partial charge >= 0.3 is 0 Å². The van der Waals surface area contributed by atoms with Gasteiger partial charge in [-0.2, -0.15) is 0 Å². The molecule has 0 atom stereocenters. The van der Waals surface area contributed by atoms with E-state index < -0.39 is 17.5 Å². The molecule has 1 amide bonds. The molecule has 0 fully saturated rings. The summed E-state index contributed by atoms with van der Waals surface area (Å²) in [5.41, 5.74) is 3.73. The molecule has 6 heteroatoms. The van der Waals surface area contributed by atoms with Crippen LogP contribution in [0.4, 0.5) is 14.5 Å². The second kappa shape index (κ2) is 8.30. The lowest BCUT2D eigenvalue weighted by molar-refractivity contribution is -0.111. The van der Waals surface area contributed by atoms with Crippen molar-refractivity contribution in [3.8, 4) is 5.75 Å². The van der Waals surface area contributed by atoms with Gasteiger partial charge in [-0.15, -0.1) is 0 Å². The van der Waals surface area contributed by atoms with E-state index in [0.717, 1.165) is 60.1 Å². The molecule has 4 nitrogen and oxygen atoms in total. The van der Waals surface area contributed by atoms with Gasteiger partial charge < -0.3 is 14.5 Å². The minimum absolute atomic E-state index is 0.187. The highest BCUT2D eigenvalue weighted by Crippen LogP contribution is 2.38. The fourth-order valence-corrected chi connectivity index (χ4v) is 3.90. The van der Waals surface area contributed by atoms with Crippen LogP contribution >= 0.6 is 0 Å². The molecule has 0 aliphatic heterocycles. The maximum atomic E-state index is 13.4. The molecular formula is C24H23F2NO3. The van der Waals surface area contributed by atoms with E-state index in [-0.39, 0.29) is 5.69 Å². The smallest absolute Gasteiger partial charge is 0.248 e. The van der Waals surface area contributed by atoms with E-state index in [4.69, 9.17) is 9.15 Å². The fraction of sp³-hybridized carbons (Fsp3) is 0.292. The van der Waals surface area contributed by atoms with Crippen molar-refractivity contribution in [2.24, 2.45) is 0 Å². The molecule has 0 saturated heterocycles. The number of halogens is 2. The van der Waals surface area contributed by atoms with Crippen LogP contribution in [0.5, 0.6) is 5.75 Å². The third-order valence-corrected chi connectivity index (χ3v) is 5.32. The average Bonchev–Trinajstić information content (AvgIpc) is 3.07. The molecule has 3 aromatic rings. The number of hydrogen-bond donors (Lipinski definition) is 1. The maximum Gasteiger partial charge on any atom is 0.248 e. The Hall–Kier alpha value is -3.15. The van der Waals surface area contributed by atoms with Crippen molar-refractivity contribution in [1.29, 1.82) is 0 Å². The first-order valence-corrected chi connectivity index (χ1v) is 10.1. The van der Waals surface area contributed by atoms with Crippen LogP contribution < -0.4 is 10.1 Å². The monoisotopic (exact) mass is 411 g/mol. The lowest BCUT2D eigenvalue weighted by atomic mass is 9.94. The molecule has 0 bridgehead atoms. The Morgan fingerprint density at radius 1 is 1.17 bits per heavy atom. The number of ether oxygens (including phenoxy) is 1. The number of allylic oxidation sites excluding steroid dienone is 1. The van der Waals surface area contributed by atoms with Crippen molar-refractivity contribution in [2.75, 3.05) is 11.9 Å². The van der Waals surface area contributed by atoms with Crippen LogP contribution in [0.15, 0.2) is 40.8 Å². The Morgan fingerprint density at radius 3 is 2.73 bits per heavy atom. The Labute approximate surface area is 173 Å². The highest BCUT2D eigenvalue weighted by atomic mass is 19.2. The van der Waals surface area contributed by atoms with Crippen molar-refractivity contribution in [1.82, 2.24) is 0 Å². The number of nitrogens with one attached hydrogen (secondary N) is 1. The predicted octanol–water partition coefficient (Wildman–Crippen LogP) is 6.03. The third-order valence-electron chi connectivity index (χ3n) is 5.32. The number of carbonyl (C=O) groups excluding carboxylic acids is 1. The molecule has 1 aliphatic rings. The van der Waals surface area contributed by atoms with Crippen LogP contribution in [0.2, 0.25) is 0 Å². The van der Waals surface area contributed by atoms with Crippen LogP contribution in [-0.2, 0) is 17.6 Å². The van der Waals surface area contributed by atoms with Gasteiger partial charge in [0.1, 0.15) is 17.1 Å². The molecule has 4 rings (SSSR count). The van der Waals surface area contributed by atoms with E-state index in [2.05, 4.69) is 5.32 Å². The normalized spacial score (nSPS) is 13.9. The maximum absolute atomic E-state index is 13.4. The van der Waals surface area contributed by atoms with Gasteiger partial charge in [0.25, 0.3) is 0 Å². The highest BCUT2D eigenvalue weighted by molar-refractivity contribution is 6.04. The number of carbonyl (C=O) groups is 1. The highest BCUT2D eigenvalue weighted by Gasteiger charge is 2.20. The molecule has 0 saturated carbocycles. The Bertz CT molecular complexity index is 1150. The number of furan rings is 1. The van der Waals surface area contributed by atoms with Crippen molar-refractivity contribution in [3.63, 3.8) is 0 Å². The summed E-state index contributed by atoms with van der Waals surface area (Å²) in [7, 11) is 0. The van der Waals surface area contributed by atoms with Gasteiger partial charge in [0, 0.05) is 46.8 Å². The van der Waals surface area contributed by atoms with E-state index >= 15 is 0 Å². The summed E-state index contributed by atoms with van der Waals surface area (Å²) in [6, 6.07) is 7.15. The molecule has 1 aromatic heterocycles. The lowest BCUT2D eigenvalue weighted by Crippen LogP contribution is -2.09. The topological polar surface area (TPSA) is 51.5 Å². The molecule has 30 heavy (non-hydrogen) atoms. The molecule has 1 N–H and O–H groups in total. The van der Waals surface area contributed by atoms with Crippen LogP contribution in [0.25, 0.3) is 16.5 Å². The summed E-state index contributed by atoms with van der Waals surface area (Å²) >= 11 is 0. The van der Waals surface area contributed by atoms with Crippen molar-refractivity contribution >= 4 is 28.1 Å². The van der Waals surface area contributed by atoms with Gasteiger partial charge in [-0.1, -0.05) is 0 Å². The summed E-state index contributed by atoms with van der Waals surface area (Å²) in [4.78, 5) is 12.4. The Morgan fingerprint density at radius 2 is 1.97 bits per heavy atom. The summed E-state index contributed by atoms with van der Waals surface area (Å²) in [6.45, 7) is 4.20. The third kappa shape index (κ3) is 3.95. The molecular weight excluding hydrogens is 388 g/mol. The number of benzene rings is 2. The minimum atomic E-state index is -1.01. The quantitative estimate of drug-likeness (QED) is 0.522. The number of aryl methyl sites for hydroxylation is 2. The Kier molecular flexibility index (Phi) is 5.57. The first-order valence-electron chi connectivity index (χ1n) is 10.1. The summed E-state index contributed by atoms with van der Waals surface area (Å²) in [6.07, 6.45) is 5.61. The van der Waals surface area contributed by atoms with Crippen LogP contribution in [0, 0.1) is 11.6 Å². The van der Waals surface area contributed by atoms with Crippen molar-refractivity contribution in [2.45, 2.75) is 39.5 Å². The fourth-order valence-electron chi connectivity index (χ4n) is 3.90. The lowest BCUT2D eigenvalue weighted by Gasteiger charge is -2.12. The molecule has 2 aromatic carbocycles. The molecule has 1 heterocycles. The van der Waals surface area contributed by atoms with E-state index in [1.54, 1.807) is 0 Å².